The van der Waals surface area contributed by atoms with Crippen LogP contribution < -0.4 is 0 Å². The lowest BCUT2D eigenvalue weighted by molar-refractivity contribution is -0.133. The molecule has 0 radical (unpaired) electrons. The lowest BCUT2D eigenvalue weighted by Gasteiger charge is -2.31. The lowest BCUT2D eigenvalue weighted by Crippen LogP contribution is -2.39. The van der Waals surface area contributed by atoms with E-state index < -0.39 is 0 Å². The second-order valence-corrected chi connectivity index (χ2v) is 8.28. The number of halogens is 1. The van der Waals surface area contributed by atoms with Gasteiger partial charge in [-0.25, -0.2) is 0 Å². The molecule has 2 fully saturated rings. The van der Waals surface area contributed by atoms with E-state index in [0.29, 0.717) is 17.0 Å². The van der Waals surface area contributed by atoms with Gasteiger partial charge in [0.15, 0.2) is 0 Å². The number of hydrogen-bond donors (Lipinski definition) is 1. The molecule has 4 rings (SSSR count). The predicted molar refractivity (Wildman–Crippen MR) is 109 cm³/mol. The molecular weight excluding hydrogens is 358 g/mol. The number of likely N-dealkylation sites (tertiary alicyclic amines) is 1. The van der Waals surface area contributed by atoms with Crippen LogP contribution in [0.15, 0.2) is 42.5 Å². The second kappa shape index (κ2) is 7.93. The Hall–Kier alpha value is -2.00. The Balaban J connectivity index is 1.44. The summed E-state index contributed by atoms with van der Waals surface area (Å²) in [5.41, 5.74) is 3.04. The number of benzene rings is 2. The highest BCUT2D eigenvalue weighted by Crippen LogP contribution is 2.33. The molecule has 2 aromatic rings. The summed E-state index contributed by atoms with van der Waals surface area (Å²) in [6, 6.07) is 13.6. The summed E-state index contributed by atoms with van der Waals surface area (Å²) in [5, 5.41) is 10.1. The molecule has 1 aliphatic carbocycles. The van der Waals surface area contributed by atoms with Crippen molar-refractivity contribution in [2.75, 3.05) is 6.54 Å². The number of aromatic hydroxyl groups is 1. The minimum absolute atomic E-state index is 0.0857. The second-order valence-electron chi connectivity index (χ2n) is 7.87. The standard InChI is InChI=1S/C23H26ClNO2/c24-22-15-16(6-11-21(22)17-7-9-20(26)10-8-17)14-18-12-13-25(23(18)27)19-4-2-1-3-5-19/h6-11,15,18-19,26H,1-5,12-14H2. The van der Waals surface area contributed by atoms with Gasteiger partial charge in [-0.2, -0.15) is 0 Å². The monoisotopic (exact) mass is 383 g/mol. The van der Waals surface area contributed by atoms with Crippen LogP contribution in [0.2, 0.25) is 5.02 Å². The SMILES string of the molecule is O=C1C(Cc2ccc(-c3ccc(O)cc3)c(Cl)c2)CCN1C1CCCCC1. The molecule has 1 N–H and O–H groups in total. The molecule has 1 atom stereocenters. The summed E-state index contributed by atoms with van der Waals surface area (Å²) in [5.74, 6) is 0.664. The van der Waals surface area contributed by atoms with Gasteiger partial charge in [-0.3, -0.25) is 4.79 Å². The fourth-order valence-corrected chi connectivity index (χ4v) is 4.87. The van der Waals surface area contributed by atoms with Crippen LogP contribution in [0.4, 0.5) is 0 Å². The fourth-order valence-electron chi connectivity index (χ4n) is 4.55. The van der Waals surface area contributed by atoms with Crippen LogP contribution in [0.1, 0.15) is 44.1 Å². The third-order valence-electron chi connectivity index (χ3n) is 6.06. The Morgan fingerprint density at radius 3 is 2.44 bits per heavy atom. The Morgan fingerprint density at radius 2 is 1.74 bits per heavy atom. The Kier molecular flexibility index (Phi) is 5.40. The van der Waals surface area contributed by atoms with E-state index in [1.54, 1.807) is 12.1 Å². The lowest BCUT2D eigenvalue weighted by atomic mass is 9.93. The fraction of sp³-hybridized carbons (Fsp3) is 0.435. The first-order valence-corrected chi connectivity index (χ1v) is 10.4. The van der Waals surface area contributed by atoms with Crippen molar-refractivity contribution in [1.82, 2.24) is 4.90 Å². The molecule has 1 saturated carbocycles. The largest absolute Gasteiger partial charge is 0.508 e. The molecule has 2 aliphatic rings. The van der Waals surface area contributed by atoms with Crippen LogP contribution in [0.25, 0.3) is 11.1 Å². The van der Waals surface area contributed by atoms with Crippen molar-refractivity contribution in [3.05, 3.63) is 53.1 Å². The Morgan fingerprint density at radius 1 is 1.00 bits per heavy atom. The maximum absolute atomic E-state index is 12.9. The van der Waals surface area contributed by atoms with Gasteiger partial charge in [-0.1, -0.05) is 55.1 Å². The summed E-state index contributed by atoms with van der Waals surface area (Å²) in [6.45, 7) is 0.910. The molecule has 0 spiro atoms. The topological polar surface area (TPSA) is 40.5 Å². The van der Waals surface area contributed by atoms with E-state index in [0.717, 1.165) is 36.1 Å². The highest BCUT2D eigenvalue weighted by Gasteiger charge is 2.36. The average Bonchev–Trinajstić information content (AvgIpc) is 3.04. The first-order chi connectivity index (χ1) is 13.1. The van der Waals surface area contributed by atoms with Crippen LogP contribution in [0.3, 0.4) is 0 Å². The number of carbonyl (C=O) groups excluding carboxylic acids is 1. The molecule has 1 amide bonds. The van der Waals surface area contributed by atoms with Gasteiger partial charge in [-0.05, 0) is 55.0 Å². The number of phenolic OH excluding ortho intramolecular Hbond substituents is 1. The van der Waals surface area contributed by atoms with E-state index in [-0.39, 0.29) is 11.7 Å². The number of nitrogens with zero attached hydrogens (tertiary/aromatic N) is 1. The van der Waals surface area contributed by atoms with Gasteiger partial charge in [-0.15, -0.1) is 0 Å². The first-order valence-electron chi connectivity index (χ1n) is 10.00. The van der Waals surface area contributed by atoms with E-state index in [4.69, 9.17) is 11.6 Å². The average molecular weight is 384 g/mol. The van der Waals surface area contributed by atoms with Crippen LogP contribution in [-0.2, 0) is 11.2 Å². The third kappa shape index (κ3) is 3.98. The van der Waals surface area contributed by atoms with Gasteiger partial charge in [0.2, 0.25) is 5.91 Å². The molecule has 1 heterocycles. The molecule has 2 aromatic carbocycles. The molecule has 1 unspecified atom stereocenters. The highest BCUT2D eigenvalue weighted by atomic mass is 35.5. The highest BCUT2D eigenvalue weighted by molar-refractivity contribution is 6.33. The van der Waals surface area contributed by atoms with E-state index in [1.807, 2.05) is 24.3 Å². The van der Waals surface area contributed by atoms with Crippen LogP contribution >= 0.6 is 11.6 Å². The Labute approximate surface area is 166 Å². The van der Waals surface area contributed by atoms with Crippen LogP contribution in [0, 0.1) is 5.92 Å². The molecule has 27 heavy (non-hydrogen) atoms. The molecule has 142 valence electrons. The van der Waals surface area contributed by atoms with Gasteiger partial charge in [0.1, 0.15) is 5.75 Å². The predicted octanol–water partition coefficient (Wildman–Crippen LogP) is 5.44. The number of hydrogen-bond acceptors (Lipinski definition) is 2. The normalized spacial score (nSPS) is 21.0. The van der Waals surface area contributed by atoms with E-state index in [9.17, 15) is 9.90 Å². The molecular formula is C23H26ClNO2. The maximum Gasteiger partial charge on any atom is 0.226 e. The van der Waals surface area contributed by atoms with Crippen LogP contribution in [0.5, 0.6) is 5.75 Å². The van der Waals surface area contributed by atoms with Gasteiger partial charge >= 0.3 is 0 Å². The van der Waals surface area contributed by atoms with Crippen molar-refractivity contribution >= 4 is 17.5 Å². The number of amides is 1. The van der Waals surface area contributed by atoms with Gasteiger partial charge in [0, 0.05) is 29.1 Å². The molecule has 1 saturated heterocycles. The summed E-state index contributed by atoms with van der Waals surface area (Å²) >= 11 is 6.52. The smallest absolute Gasteiger partial charge is 0.226 e. The van der Waals surface area contributed by atoms with Crippen molar-refractivity contribution in [2.45, 2.75) is 51.0 Å². The summed E-state index contributed by atoms with van der Waals surface area (Å²) < 4.78 is 0. The number of phenols is 1. The maximum atomic E-state index is 12.9. The molecule has 0 bridgehead atoms. The summed E-state index contributed by atoms with van der Waals surface area (Å²) in [6.07, 6.45) is 7.89. The summed E-state index contributed by atoms with van der Waals surface area (Å²) in [4.78, 5) is 15.0. The molecule has 3 nitrogen and oxygen atoms in total. The van der Waals surface area contributed by atoms with Crippen molar-refractivity contribution in [2.24, 2.45) is 5.92 Å². The van der Waals surface area contributed by atoms with E-state index >= 15 is 0 Å². The van der Waals surface area contributed by atoms with Crippen molar-refractivity contribution in [3.63, 3.8) is 0 Å². The quantitative estimate of drug-likeness (QED) is 0.764. The third-order valence-corrected chi connectivity index (χ3v) is 6.37. The zero-order chi connectivity index (χ0) is 18.8. The van der Waals surface area contributed by atoms with Crippen LogP contribution in [-0.4, -0.2) is 28.5 Å². The zero-order valence-electron chi connectivity index (χ0n) is 15.5. The molecule has 4 heteroatoms. The van der Waals surface area contributed by atoms with Gasteiger partial charge in [0.25, 0.3) is 0 Å². The first kappa shape index (κ1) is 18.4. The molecule has 1 aliphatic heterocycles. The van der Waals surface area contributed by atoms with Gasteiger partial charge < -0.3 is 10.0 Å². The zero-order valence-corrected chi connectivity index (χ0v) is 16.3. The summed E-state index contributed by atoms with van der Waals surface area (Å²) in [7, 11) is 0. The van der Waals surface area contributed by atoms with Crippen molar-refractivity contribution in [1.29, 1.82) is 0 Å². The van der Waals surface area contributed by atoms with Crippen molar-refractivity contribution < 1.29 is 9.90 Å². The van der Waals surface area contributed by atoms with E-state index in [1.165, 1.54) is 32.1 Å². The number of rotatable bonds is 4. The van der Waals surface area contributed by atoms with Crippen molar-refractivity contribution in [3.8, 4) is 16.9 Å². The molecule has 0 aromatic heterocycles. The van der Waals surface area contributed by atoms with E-state index in [2.05, 4.69) is 11.0 Å². The number of carbonyl (C=O) groups is 1. The minimum atomic E-state index is 0.0857. The Bertz CT molecular complexity index is 812. The van der Waals surface area contributed by atoms with Gasteiger partial charge in [0.05, 0.1) is 0 Å². The minimum Gasteiger partial charge on any atom is -0.508 e.